The molecule has 0 fully saturated rings. The third kappa shape index (κ3) is 7.21. The van der Waals surface area contributed by atoms with Gasteiger partial charge in [-0.25, -0.2) is 0 Å². The molecule has 0 atom stereocenters. The van der Waals surface area contributed by atoms with Crippen LogP contribution in [0.2, 0.25) is 0 Å². The first-order chi connectivity index (χ1) is 16.8. The summed E-state index contributed by atoms with van der Waals surface area (Å²) in [6, 6.07) is 25.9. The van der Waals surface area contributed by atoms with Gasteiger partial charge in [-0.2, -0.15) is 0 Å². The Hall–Kier alpha value is -2.58. The first kappa shape index (κ1) is 24.5. The Balaban J connectivity index is 1.24. The predicted octanol–water partition coefficient (Wildman–Crippen LogP) is 10.8. The van der Waals surface area contributed by atoms with Crippen molar-refractivity contribution >= 4 is 21.4 Å². The second kappa shape index (κ2) is 13.3. The lowest BCUT2D eigenvalue weighted by Gasteiger charge is -2.07. The predicted molar refractivity (Wildman–Crippen MR) is 149 cm³/mol. The fraction of sp³-hybridized carbons (Fsp3) is 0.375. The Bertz CT molecular complexity index is 1110. The number of benzene rings is 3. The number of unbranched alkanes of at least 4 members (excludes halogenated alkanes) is 9. The Morgan fingerprint density at radius 2 is 1.29 bits per heavy atom. The number of ether oxygens (including phenoxy) is 1. The summed E-state index contributed by atoms with van der Waals surface area (Å²) in [5.74, 6) is 1.81. The molecule has 4 rings (SSSR count). The molecule has 0 saturated heterocycles. The van der Waals surface area contributed by atoms with Crippen molar-refractivity contribution in [2.75, 3.05) is 0 Å². The lowest BCUT2D eigenvalue weighted by molar-refractivity contribution is 0.490. The van der Waals surface area contributed by atoms with Crippen molar-refractivity contribution in [2.45, 2.75) is 77.6 Å². The molecule has 34 heavy (non-hydrogen) atoms. The molecule has 1 heterocycles. The third-order valence-corrected chi connectivity index (χ3v) is 7.54. The maximum atomic E-state index is 6.09. The molecule has 0 aliphatic heterocycles. The summed E-state index contributed by atoms with van der Waals surface area (Å²) in [5, 5.41) is 3.28. The van der Waals surface area contributed by atoms with Crippen LogP contribution < -0.4 is 4.74 Å². The fourth-order valence-electron chi connectivity index (χ4n) is 4.56. The van der Waals surface area contributed by atoms with Crippen molar-refractivity contribution in [2.24, 2.45) is 0 Å². The van der Waals surface area contributed by atoms with E-state index in [2.05, 4.69) is 54.8 Å². The highest BCUT2D eigenvalue weighted by atomic mass is 32.1. The molecule has 0 spiro atoms. The number of fused-ring (bicyclic) bond motifs is 1. The summed E-state index contributed by atoms with van der Waals surface area (Å²) in [4.78, 5) is 0. The van der Waals surface area contributed by atoms with Gasteiger partial charge >= 0.3 is 0 Å². The molecule has 0 N–H and O–H groups in total. The van der Waals surface area contributed by atoms with E-state index in [1.807, 2.05) is 30.3 Å². The largest absolute Gasteiger partial charge is 0.456 e. The van der Waals surface area contributed by atoms with E-state index in [1.54, 1.807) is 11.3 Å². The first-order valence-corrected chi connectivity index (χ1v) is 14.0. The van der Waals surface area contributed by atoms with Crippen LogP contribution in [0.3, 0.4) is 0 Å². The standard InChI is InChI=1S/C32H38OS/c1-2-3-4-5-6-7-8-9-10-12-15-26-18-20-27(21-19-26)28-22-23-30-31(25-34-32(30)24-28)33-29-16-13-11-14-17-29/h11,13-14,16-25H,2-10,12,15H2,1H3. The van der Waals surface area contributed by atoms with Gasteiger partial charge in [0, 0.05) is 15.5 Å². The van der Waals surface area contributed by atoms with Crippen molar-refractivity contribution in [3.63, 3.8) is 0 Å². The normalized spacial score (nSPS) is 11.2. The zero-order chi connectivity index (χ0) is 23.4. The Morgan fingerprint density at radius 3 is 2.00 bits per heavy atom. The first-order valence-electron chi connectivity index (χ1n) is 13.2. The van der Waals surface area contributed by atoms with Crippen LogP contribution >= 0.6 is 11.3 Å². The number of rotatable bonds is 14. The van der Waals surface area contributed by atoms with E-state index in [-0.39, 0.29) is 0 Å². The summed E-state index contributed by atoms with van der Waals surface area (Å²) in [6.45, 7) is 2.29. The monoisotopic (exact) mass is 470 g/mol. The van der Waals surface area contributed by atoms with E-state index in [0.29, 0.717) is 0 Å². The highest BCUT2D eigenvalue weighted by Crippen LogP contribution is 2.37. The molecule has 0 aliphatic rings. The van der Waals surface area contributed by atoms with Gasteiger partial charge in [0.2, 0.25) is 0 Å². The zero-order valence-corrected chi connectivity index (χ0v) is 21.4. The van der Waals surface area contributed by atoms with Gasteiger partial charge in [0.25, 0.3) is 0 Å². The topological polar surface area (TPSA) is 9.23 Å². The van der Waals surface area contributed by atoms with Gasteiger partial charge in [-0.15, -0.1) is 11.3 Å². The molecular formula is C32H38OS. The van der Waals surface area contributed by atoms with Crippen LogP contribution in [0.4, 0.5) is 0 Å². The maximum absolute atomic E-state index is 6.09. The van der Waals surface area contributed by atoms with E-state index < -0.39 is 0 Å². The number of aryl methyl sites for hydroxylation is 1. The second-order valence-electron chi connectivity index (χ2n) is 9.35. The molecule has 0 unspecified atom stereocenters. The quantitative estimate of drug-likeness (QED) is 0.166. The van der Waals surface area contributed by atoms with Gasteiger partial charge in [0.15, 0.2) is 0 Å². The lowest BCUT2D eigenvalue weighted by atomic mass is 10.00. The van der Waals surface area contributed by atoms with Gasteiger partial charge in [-0.3, -0.25) is 0 Å². The van der Waals surface area contributed by atoms with Gasteiger partial charge in [0.1, 0.15) is 11.5 Å². The number of thiophene rings is 1. The van der Waals surface area contributed by atoms with Crippen LogP contribution in [-0.2, 0) is 6.42 Å². The van der Waals surface area contributed by atoms with E-state index in [9.17, 15) is 0 Å². The second-order valence-corrected chi connectivity index (χ2v) is 10.3. The van der Waals surface area contributed by atoms with E-state index in [0.717, 1.165) is 11.5 Å². The van der Waals surface area contributed by atoms with Crippen molar-refractivity contribution in [1.82, 2.24) is 0 Å². The molecule has 0 amide bonds. The zero-order valence-electron chi connectivity index (χ0n) is 20.6. The number of para-hydroxylation sites is 1. The molecule has 0 bridgehead atoms. The molecule has 0 saturated carbocycles. The maximum Gasteiger partial charge on any atom is 0.145 e. The van der Waals surface area contributed by atoms with Gasteiger partial charge in [-0.05, 0) is 53.8 Å². The molecule has 1 aromatic heterocycles. The third-order valence-electron chi connectivity index (χ3n) is 6.62. The van der Waals surface area contributed by atoms with Crippen LogP contribution in [0.5, 0.6) is 11.5 Å². The van der Waals surface area contributed by atoms with E-state index in [1.165, 1.54) is 97.4 Å². The molecule has 4 aromatic rings. The van der Waals surface area contributed by atoms with Crippen LogP contribution in [0.25, 0.3) is 21.2 Å². The summed E-state index contributed by atoms with van der Waals surface area (Å²) >= 11 is 1.74. The summed E-state index contributed by atoms with van der Waals surface area (Å²) in [6.07, 6.45) is 15.1. The Morgan fingerprint density at radius 1 is 0.647 bits per heavy atom. The SMILES string of the molecule is CCCCCCCCCCCCc1ccc(-c2ccc3c(Oc4ccccc4)csc3c2)cc1. The van der Waals surface area contributed by atoms with Crippen LogP contribution in [0.15, 0.2) is 78.2 Å². The minimum absolute atomic E-state index is 0.879. The minimum atomic E-state index is 0.879. The molecule has 3 aromatic carbocycles. The Labute approximate surface area is 209 Å². The van der Waals surface area contributed by atoms with Gasteiger partial charge < -0.3 is 4.74 Å². The molecule has 1 nitrogen and oxygen atoms in total. The van der Waals surface area contributed by atoms with Crippen LogP contribution in [-0.4, -0.2) is 0 Å². The molecule has 0 aliphatic carbocycles. The Kier molecular flexibility index (Phi) is 9.63. The smallest absolute Gasteiger partial charge is 0.145 e. The van der Waals surface area contributed by atoms with Crippen molar-refractivity contribution in [3.8, 4) is 22.6 Å². The summed E-state index contributed by atoms with van der Waals surface area (Å²) < 4.78 is 7.35. The van der Waals surface area contributed by atoms with Crippen molar-refractivity contribution in [3.05, 3.63) is 83.7 Å². The van der Waals surface area contributed by atoms with Gasteiger partial charge in [-0.1, -0.05) is 113 Å². The van der Waals surface area contributed by atoms with Gasteiger partial charge in [0.05, 0.1) is 0 Å². The lowest BCUT2D eigenvalue weighted by Crippen LogP contribution is -1.87. The number of hydrogen-bond donors (Lipinski definition) is 0. The van der Waals surface area contributed by atoms with E-state index >= 15 is 0 Å². The minimum Gasteiger partial charge on any atom is -0.456 e. The number of hydrogen-bond acceptors (Lipinski definition) is 2. The molecule has 178 valence electrons. The van der Waals surface area contributed by atoms with Crippen LogP contribution in [0.1, 0.15) is 76.7 Å². The van der Waals surface area contributed by atoms with Crippen molar-refractivity contribution in [1.29, 1.82) is 0 Å². The molecule has 2 heteroatoms. The average Bonchev–Trinajstić information content (AvgIpc) is 3.28. The molecular weight excluding hydrogens is 432 g/mol. The van der Waals surface area contributed by atoms with E-state index in [4.69, 9.17) is 4.74 Å². The summed E-state index contributed by atoms with van der Waals surface area (Å²) in [7, 11) is 0. The van der Waals surface area contributed by atoms with Crippen LogP contribution in [0, 0.1) is 0 Å². The molecule has 0 radical (unpaired) electrons. The average molecular weight is 471 g/mol. The fourth-order valence-corrected chi connectivity index (χ4v) is 5.46. The summed E-state index contributed by atoms with van der Waals surface area (Å²) in [5.41, 5.74) is 4.01. The highest BCUT2D eigenvalue weighted by Gasteiger charge is 2.08. The highest BCUT2D eigenvalue weighted by molar-refractivity contribution is 7.17. The van der Waals surface area contributed by atoms with Crippen molar-refractivity contribution < 1.29 is 4.74 Å².